The summed E-state index contributed by atoms with van der Waals surface area (Å²) in [6.45, 7) is 0.454. The molecule has 0 saturated heterocycles. The Morgan fingerprint density at radius 3 is 2.92 bits per heavy atom. The van der Waals surface area contributed by atoms with E-state index in [1.807, 2.05) is 18.4 Å². The Hall–Kier alpha value is -0.980. The van der Waals surface area contributed by atoms with Crippen LogP contribution in [0.4, 0.5) is 0 Å². The van der Waals surface area contributed by atoms with Crippen molar-refractivity contribution in [3.63, 3.8) is 0 Å². The van der Waals surface area contributed by atoms with Crippen LogP contribution in [0.5, 0.6) is 5.88 Å². The van der Waals surface area contributed by atoms with E-state index in [9.17, 15) is 4.79 Å². The first kappa shape index (κ1) is 21.1. The topological polar surface area (TPSA) is 77.2 Å². The third-order valence-corrected chi connectivity index (χ3v) is 4.72. The van der Waals surface area contributed by atoms with Gasteiger partial charge in [-0.1, -0.05) is 6.42 Å². The van der Waals surface area contributed by atoms with Crippen molar-refractivity contribution in [2.75, 3.05) is 12.0 Å². The predicted octanol–water partition coefficient (Wildman–Crippen LogP) is 2.91. The maximum atomic E-state index is 11.9. The van der Waals surface area contributed by atoms with E-state index in [4.69, 9.17) is 10.5 Å². The van der Waals surface area contributed by atoms with Gasteiger partial charge in [0.15, 0.2) is 0 Å². The maximum Gasteiger partial charge on any atom is 0.237 e. The summed E-state index contributed by atoms with van der Waals surface area (Å²) in [5.41, 5.74) is 6.84. The molecule has 0 radical (unpaired) electrons. The van der Waals surface area contributed by atoms with Crippen LogP contribution in [0.3, 0.4) is 0 Å². The predicted molar refractivity (Wildman–Crippen MR) is 102 cm³/mol. The number of carbonyl (C=O) groups is 1. The molecule has 2 rings (SSSR count). The van der Waals surface area contributed by atoms with Gasteiger partial charge in [0, 0.05) is 18.8 Å². The first-order valence-corrected chi connectivity index (χ1v) is 9.72. The molecule has 1 aliphatic carbocycles. The maximum absolute atomic E-state index is 11.9. The molecule has 1 amide bonds. The largest absolute Gasteiger partial charge is 0.474 e. The van der Waals surface area contributed by atoms with E-state index >= 15 is 0 Å². The van der Waals surface area contributed by atoms with Crippen LogP contribution in [-0.4, -0.2) is 35.0 Å². The minimum Gasteiger partial charge on any atom is -0.474 e. The summed E-state index contributed by atoms with van der Waals surface area (Å²) in [4.78, 5) is 16.2. The molecule has 0 aromatic carbocycles. The van der Waals surface area contributed by atoms with E-state index in [-0.39, 0.29) is 24.4 Å². The van der Waals surface area contributed by atoms with Gasteiger partial charge in [0.2, 0.25) is 11.8 Å². The fourth-order valence-electron chi connectivity index (χ4n) is 2.67. The van der Waals surface area contributed by atoms with Gasteiger partial charge in [-0.05, 0) is 55.7 Å². The Morgan fingerprint density at radius 2 is 2.21 bits per heavy atom. The van der Waals surface area contributed by atoms with E-state index in [1.54, 1.807) is 18.0 Å². The third-order valence-electron chi connectivity index (χ3n) is 4.08. The number of halogens is 1. The number of thioether (sulfide) groups is 1. The van der Waals surface area contributed by atoms with Gasteiger partial charge in [-0.25, -0.2) is 4.98 Å². The number of nitrogens with two attached hydrogens (primary N) is 1. The molecule has 1 heterocycles. The van der Waals surface area contributed by atoms with Crippen LogP contribution in [0, 0.1) is 0 Å². The smallest absolute Gasteiger partial charge is 0.237 e. The number of hydrogen-bond donors (Lipinski definition) is 2. The van der Waals surface area contributed by atoms with Crippen molar-refractivity contribution in [1.82, 2.24) is 10.3 Å². The monoisotopic (exact) mass is 373 g/mol. The summed E-state index contributed by atoms with van der Waals surface area (Å²) in [5, 5.41) is 2.88. The van der Waals surface area contributed by atoms with Crippen LogP contribution in [0.1, 0.15) is 44.1 Å². The van der Waals surface area contributed by atoms with Gasteiger partial charge in [0.25, 0.3) is 0 Å². The molecule has 136 valence electrons. The minimum absolute atomic E-state index is 0. The van der Waals surface area contributed by atoms with E-state index in [0.29, 0.717) is 18.8 Å². The first-order valence-electron chi connectivity index (χ1n) is 8.33. The second-order valence-electron chi connectivity index (χ2n) is 5.99. The van der Waals surface area contributed by atoms with Gasteiger partial charge < -0.3 is 15.8 Å². The molecule has 1 aromatic rings. The van der Waals surface area contributed by atoms with Crippen LogP contribution in [-0.2, 0) is 11.3 Å². The van der Waals surface area contributed by atoms with Gasteiger partial charge in [-0.2, -0.15) is 11.8 Å². The fourth-order valence-corrected chi connectivity index (χ4v) is 3.16. The number of nitrogens with zero attached hydrogens (tertiary/aromatic N) is 1. The SMILES string of the molecule is CSCCC(N)C(=O)NCc1ccnc(OC2CCCCC2)c1.Cl. The van der Waals surface area contributed by atoms with Crippen molar-refractivity contribution in [1.29, 1.82) is 0 Å². The minimum atomic E-state index is -0.442. The standard InChI is InChI=1S/C17H27N3O2S.ClH/c1-23-10-8-15(18)17(21)20-12-13-7-9-19-16(11-13)22-14-5-3-2-4-6-14;/h7,9,11,14-15H,2-6,8,10,12,18H2,1H3,(H,20,21);1H. The number of rotatable bonds is 8. The first-order chi connectivity index (χ1) is 11.2. The summed E-state index contributed by atoms with van der Waals surface area (Å²) in [5.74, 6) is 1.43. The lowest BCUT2D eigenvalue weighted by atomic mass is 9.98. The highest BCUT2D eigenvalue weighted by Crippen LogP contribution is 2.22. The zero-order chi connectivity index (χ0) is 16.5. The molecule has 0 spiro atoms. The molecule has 0 bridgehead atoms. The number of amides is 1. The Morgan fingerprint density at radius 1 is 1.46 bits per heavy atom. The molecule has 0 aliphatic heterocycles. The van der Waals surface area contributed by atoms with Crippen LogP contribution < -0.4 is 15.8 Å². The molecule has 1 saturated carbocycles. The lowest BCUT2D eigenvalue weighted by Gasteiger charge is -2.22. The number of pyridine rings is 1. The van der Waals surface area contributed by atoms with Crippen molar-refractivity contribution in [2.24, 2.45) is 5.73 Å². The highest BCUT2D eigenvalue weighted by Gasteiger charge is 2.16. The summed E-state index contributed by atoms with van der Waals surface area (Å²) in [6.07, 6.45) is 10.7. The molecule has 24 heavy (non-hydrogen) atoms. The van der Waals surface area contributed by atoms with Crippen LogP contribution in [0.25, 0.3) is 0 Å². The Labute approximate surface area is 154 Å². The molecular weight excluding hydrogens is 346 g/mol. The van der Waals surface area contributed by atoms with E-state index < -0.39 is 6.04 Å². The van der Waals surface area contributed by atoms with Gasteiger partial charge in [0.1, 0.15) is 6.10 Å². The Balaban J connectivity index is 0.00000288. The summed E-state index contributed by atoms with van der Waals surface area (Å²) >= 11 is 1.70. The van der Waals surface area contributed by atoms with Crippen molar-refractivity contribution in [3.8, 4) is 5.88 Å². The zero-order valence-electron chi connectivity index (χ0n) is 14.2. The number of hydrogen-bond acceptors (Lipinski definition) is 5. The van der Waals surface area contributed by atoms with Crippen LogP contribution >= 0.6 is 24.2 Å². The lowest BCUT2D eigenvalue weighted by molar-refractivity contribution is -0.122. The van der Waals surface area contributed by atoms with Crippen molar-refractivity contribution in [2.45, 2.75) is 57.2 Å². The number of aromatic nitrogens is 1. The summed E-state index contributed by atoms with van der Waals surface area (Å²) < 4.78 is 5.95. The molecule has 1 unspecified atom stereocenters. The van der Waals surface area contributed by atoms with Crippen LogP contribution in [0.15, 0.2) is 18.3 Å². The second-order valence-corrected chi connectivity index (χ2v) is 6.97. The Bertz CT molecular complexity index is 498. The van der Waals surface area contributed by atoms with Crippen molar-refractivity contribution in [3.05, 3.63) is 23.9 Å². The molecule has 1 atom stereocenters. The van der Waals surface area contributed by atoms with Gasteiger partial charge in [0.05, 0.1) is 6.04 Å². The summed E-state index contributed by atoms with van der Waals surface area (Å²) in [6, 6.07) is 3.35. The average molecular weight is 374 g/mol. The van der Waals surface area contributed by atoms with E-state index in [1.165, 1.54) is 19.3 Å². The van der Waals surface area contributed by atoms with E-state index in [0.717, 1.165) is 24.2 Å². The zero-order valence-corrected chi connectivity index (χ0v) is 15.8. The lowest BCUT2D eigenvalue weighted by Crippen LogP contribution is -2.40. The fraction of sp³-hybridized carbons (Fsp3) is 0.647. The molecular formula is C17H28ClN3O2S. The highest BCUT2D eigenvalue weighted by molar-refractivity contribution is 7.98. The van der Waals surface area contributed by atoms with E-state index in [2.05, 4.69) is 10.3 Å². The van der Waals surface area contributed by atoms with Gasteiger partial charge in [-0.3, -0.25) is 4.79 Å². The number of nitrogens with one attached hydrogen (secondary N) is 1. The summed E-state index contributed by atoms with van der Waals surface area (Å²) in [7, 11) is 0. The van der Waals surface area contributed by atoms with Crippen molar-refractivity contribution < 1.29 is 9.53 Å². The molecule has 3 N–H and O–H groups in total. The molecule has 1 fully saturated rings. The van der Waals surface area contributed by atoms with Crippen LogP contribution in [0.2, 0.25) is 0 Å². The molecule has 5 nitrogen and oxygen atoms in total. The third kappa shape index (κ3) is 7.28. The molecule has 1 aromatic heterocycles. The highest BCUT2D eigenvalue weighted by atomic mass is 35.5. The Kier molecular flexibility index (Phi) is 10.1. The number of ether oxygens (including phenoxy) is 1. The van der Waals surface area contributed by atoms with Crippen molar-refractivity contribution >= 4 is 30.1 Å². The molecule has 7 heteroatoms. The molecule has 1 aliphatic rings. The normalized spacial score (nSPS) is 16.1. The second kappa shape index (κ2) is 11.6. The quantitative estimate of drug-likeness (QED) is 0.732. The van der Waals surface area contributed by atoms with Gasteiger partial charge >= 0.3 is 0 Å². The average Bonchev–Trinajstić information content (AvgIpc) is 2.58. The van der Waals surface area contributed by atoms with Gasteiger partial charge in [-0.15, -0.1) is 12.4 Å². The number of carbonyl (C=O) groups excluding carboxylic acids is 1.